The number of hydrogen-bond acceptors (Lipinski definition) is 2. The Labute approximate surface area is 79.0 Å². The highest BCUT2D eigenvalue weighted by molar-refractivity contribution is 5.98. The van der Waals surface area contributed by atoms with Crippen LogP contribution < -0.4 is 0 Å². The van der Waals surface area contributed by atoms with Crippen molar-refractivity contribution in [2.45, 2.75) is 19.9 Å². The Balaban J connectivity index is 2.06. The number of allylic oxidation sites excluding steroid dienone is 3. The van der Waals surface area contributed by atoms with Gasteiger partial charge in [0.25, 0.3) is 0 Å². The minimum absolute atomic E-state index is 0.338. The smallest absolute Gasteiger partial charge is 0.212 e. The molecular formula is C11H14NO. The summed E-state index contributed by atoms with van der Waals surface area (Å²) in [4.78, 5) is 4.52. The van der Waals surface area contributed by atoms with E-state index in [-0.39, 0.29) is 0 Å². The molecule has 0 amide bonds. The Hall–Kier alpha value is -1.05. The first kappa shape index (κ1) is 8.54. The maximum absolute atomic E-state index is 5.52. The van der Waals surface area contributed by atoms with E-state index in [1.54, 1.807) is 0 Å². The molecule has 0 aromatic heterocycles. The molecule has 0 spiro atoms. The van der Waals surface area contributed by atoms with Crippen LogP contribution in [0.5, 0.6) is 0 Å². The Morgan fingerprint density at radius 2 is 2.31 bits per heavy atom. The fraction of sp³-hybridized carbons (Fsp3) is 0.455. The van der Waals surface area contributed by atoms with Crippen molar-refractivity contribution in [1.29, 1.82) is 0 Å². The molecule has 1 unspecified atom stereocenters. The van der Waals surface area contributed by atoms with Crippen LogP contribution >= 0.6 is 0 Å². The molecule has 13 heavy (non-hydrogen) atoms. The first-order chi connectivity index (χ1) is 6.27. The second kappa shape index (κ2) is 3.36. The first-order valence-corrected chi connectivity index (χ1v) is 4.70. The molecular weight excluding hydrogens is 162 g/mol. The molecule has 2 nitrogen and oxygen atoms in total. The SMILES string of the molecule is CC(C)C1COC(C2=CC=C[CH]2)=N1. The van der Waals surface area contributed by atoms with E-state index < -0.39 is 0 Å². The Bertz CT molecular complexity index is 286. The van der Waals surface area contributed by atoms with Crippen LogP contribution in [-0.4, -0.2) is 18.5 Å². The molecule has 2 heteroatoms. The van der Waals surface area contributed by atoms with Gasteiger partial charge < -0.3 is 4.74 Å². The third-order valence-electron chi connectivity index (χ3n) is 2.35. The van der Waals surface area contributed by atoms with E-state index >= 15 is 0 Å². The van der Waals surface area contributed by atoms with Gasteiger partial charge >= 0.3 is 0 Å². The van der Waals surface area contributed by atoms with E-state index in [2.05, 4.69) is 18.8 Å². The van der Waals surface area contributed by atoms with Crippen LogP contribution in [0.4, 0.5) is 0 Å². The molecule has 0 fully saturated rings. The molecule has 1 aliphatic heterocycles. The molecule has 2 rings (SSSR count). The molecule has 0 saturated heterocycles. The Morgan fingerprint density at radius 1 is 1.46 bits per heavy atom. The number of hydrogen-bond donors (Lipinski definition) is 0. The van der Waals surface area contributed by atoms with Gasteiger partial charge in [0.15, 0.2) is 0 Å². The van der Waals surface area contributed by atoms with Gasteiger partial charge in [0, 0.05) is 12.0 Å². The highest BCUT2D eigenvalue weighted by atomic mass is 16.5. The Morgan fingerprint density at radius 3 is 2.85 bits per heavy atom. The van der Waals surface area contributed by atoms with E-state index in [1.165, 1.54) is 0 Å². The molecule has 0 aromatic carbocycles. The third-order valence-corrected chi connectivity index (χ3v) is 2.35. The summed E-state index contributed by atoms with van der Waals surface area (Å²) in [5, 5.41) is 0. The molecule has 0 bridgehead atoms. The topological polar surface area (TPSA) is 21.6 Å². The normalized spacial score (nSPS) is 26.2. The van der Waals surface area contributed by atoms with Gasteiger partial charge in [-0.1, -0.05) is 32.1 Å². The number of rotatable bonds is 2. The fourth-order valence-electron chi connectivity index (χ4n) is 1.41. The zero-order valence-corrected chi connectivity index (χ0v) is 8.03. The molecule has 1 radical (unpaired) electrons. The summed E-state index contributed by atoms with van der Waals surface area (Å²) in [6, 6.07) is 0.338. The van der Waals surface area contributed by atoms with Gasteiger partial charge in [-0.15, -0.1) is 0 Å². The fourth-order valence-corrected chi connectivity index (χ4v) is 1.41. The average Bonchev–Trinajstić information content (AvgIpc) is 2.75. The van der Waals surface area contributed by atoms with Crippen molar-refractivity contribution in [1.82, 2.24) is 0 Å². The van der Waals surface area contributed by atoms with Gasteiger partial charge in [0.05, 0.1) is 6.04 Å². The first-order valence-electron chi connectivity index (χ1n) is 4.70. The zero-order chi connectivity index (χ0) is 9.26. The summed E-state index contributed by atoms with van der Waals surface area (Å²) in [6.45, 7) is 5.08. The molecule has 69 valence electrons. The van der Waals surface area contributed by atoms with E-state index in [1.807, 2.05) is 24.6 Å². The highest BCUT2D eigenvalue weighted by Crippen LogP contribution is 2.20. The summed E-state index contributed by atoms with van der Waals surface area (Å²) in [5.41, 5.74) is 1.10. The third kappa shape index (κ3) is 1.67. The maximum Gasteiger partial charge on any atom is 0.212 e. The highest BCUT2D eigenvalue weighted by Gasteiger charge is 2.23. The lowest BCUT2D eigenvalue weighted by Crippen LogP contribution is -2.13. The predicted octanol–water partition coefficient (Wildman–Crippen LogP) is 2.14. The van der Waals surface area contributed by atoms with Gasteiger partial charge in [-0.3, -0.25) is 0 Å². The van der Waals surface area contributed by atoms with E-state index in [4.69, 9.17) is 4.74 Å². The lowest BCUT2D eigenvalue weighted by molar-refractivity contribution is 0.291. The second-order valence-electron chi connectivity index (χ2n) is 3.73. The van der Waals surface area contributed by atoms with Crippen LogP contribution in [0.15, 0.2) is 28.8 Å². The number of ether oxygens (including phenoxy) is 1. The lowest BCUT2D eigenvalue weighted by atomic mass is 10.1. The Kier molecular flexibility index (Phi) is 2.21. The number of aliphatic imine (C=N–C) groups is 1. The summed E-state index contributed by atoms with van der Waals surface area (Å²) in [6.07, 6.45) is 8.07. The number of nitrogens with zero attached hydrogens (tertiary/aromatic N) is 1. The van der Waals surface area contributed by atoms with E-state index in [0.29, 0.717) is 12.0 Å². The molecule has 0 N–H and O–H groups in total. The minimum Gasteiger partial charge on any atom is -0.475 e. The van der Waals surface area contributed by atoms with Crippen molar-refractivity contribution in [2.24, 2.45) is 10.9 Å². The van der Waals surface area contributed by atoms with E-state index in [9.17, 15) is 0 Å². The van der Waals surface area contributed by atoms with E-state index in [0.717, 1.165) is 18.1 Å². The van der Waals surface area contributed by atoms with Gasteiger partial charge in [-0.05, 0) is 5.92 Å². The molecule has 0 aromatic rings. The van der Waals surface area contributed by atoms with Crippen LogP contribution in [0, 0.1) is 12.3 Å². The minimum atomic E-state index is 0.338. The van der Waals surface area contributed by atoms with Gasteiger partial charge in [-0.2, -0.15) is 0 Å². The zero-order valence-electron chi connectivity index (χ0n) is 8.03. The van der Waals surface area contributed by atoms with Crippen LogP contribution in [0.2, 0.25) is 0 Å². The molecule has 1 atom stereocenters. The lowest BCUT2D eigenvalue weighted by Gasteiger charge is -2.06. The molecule has 2 aliphatic rings. The quantitative estimate of drug-likeness (QED) is 0.631. The molecule has 0 saturated carbocycles. The van der Waals surface area contributed by atoms with Crippen LogP contribution in [0.25, 0.3) is 0 Å². The maximum atomic E-state index is 5.52. The van der Waals surface area contributed by atoms with Crippen molar-refractivity contribution in [3.8, 4) is 0 Å². The van der Waals surface area contributed by atoms with Crippen LogP contribution in [0.3, 0.4) is 0 Å². The second-order valence-corrected chi connectivity index (χ2v) is 3.73. The largest absolute Gasteiger partial charge is 0.475 e. The monoisotopic (exact) mass is 176 g/mol. The van der Waals surface area contributed by atoms with Crippen LogP contribution in [-0.2, 0) is 4.74 Å². The standard InChI is InChI=1S/C11H14NO/c1-8(2)10-7-13-11(12-10)9-5-3-4-6-9/h3-6,8,10H,7H2,1-2H3. The van der Waals surface area contributed by atoms with Gasteiger partial charge in [0.1, 0.15) is 6.61 Å². The van der Waals surface area contributed by atoms with Crippen molar-refractivity contribution < 1.29 is 4.74 Å². The molecule has 1 aliphatic carbocycles. The van der Waals surface area contributed by atoms with Crippen molar-refractivity contribution in [3.05, 3.63) is 30.2 Å². The van der Waals surface area contributed by atoms with Crippen molar-refractivity contribution >= 4 is 5.90 Å². The van der Waals surface area contributed by atoms with Crippen molar-refractivity contribution in [3.63, 3.8) is 0 Å². The van der Waals surface area contributed by atoms with Gasteiger partial charge in [0.2, 0.25) is 5.90 Å². The molecule has 1 heterocycles. The predicted molar refractivity (Wildman–Crippen MR) is 53.5 cm³/mol. The van der Waals surface area contributed by atoms with Gasteiger partial charge in [-0.25, -0.2) is 4.99 Å². The summed E-state index contributed by atoms with van der Waals surface area (Å²) in [5.74, 6) is 1.37. The van der Waals surface area contributed by atoms with Crippen LogP contribution in [0.1, 0.15) is 13.8 Å². The average molecular weight is 176 g/mol. The summed E-state index contributed by atoms with van der Waals surface area (Å²) < 4.78 is 5.52. The summed E-state index contributed by atoms with van der Waals surface area (Å²) >= 11 is 0. The summed E-state index contributed by atoms with van der Waals surface area (Å²) in [7, 11) is 0. The van der Waals surface area contributed by atoms with Crippen molar-refractivity contribution in [2.75, 3.05) is 6.61 Å².